The van der Waals surface area contributed by atoms with Crippen LogP contribution < -0.4 is 4.90 Å². The van der Waals surface area contributed by atoms with Crippen molar-refractivity contribution in [2.75, 3.05) is 11.4 Å². The predicted molar refractivity (Wildman–Crippen MR) is 71.7 cm³/mol. The van der Waals surface area contributed by atoms with Crippen LogP contribution in [0.2, 0.25) is 5.15 Å². The van der Waals surface area contributed by atoms with Crippen LogP contribution >= 0.6 is 11.6 Å². The molecular weight excluding hydrogens is 248 g/mol. The number of aromatic nitrogens is 2. The van der Waals surface area contributed by atoms with Crippen molar-refractivity contribution in [2.45, 2.75) is 45.1 Å². The van der Waals surface area contributed by atoms with Crippen LogP contribution in [0.4, 0.5) is 5.82 Å². The second-order valence-electron chi connectivity index (χ2n) is 4.89. The molecule has 1 aromatic rings. The lowest BCUT2D eigenvalue weighted by atomic mass is 10.1. The van der Waals surface area contributed by atoms with E-state index in [1.54, 1.807) is 0 Å². The Balaban J connectivity index is 2.34. The number of rotatable bonds is 5. The maximum atomic E-state index is 8.76. The number of nitriles is 1. The smallest absolute Gasteiger partial charge is 0.138 e. The molecule has 0 amide bonds. The predicted octanol–water partition coefficient (Wildman–Crippen LogP) is 3.14. The van der Waals surface area contributed by atoms with E-state index in [1.165, 1.54) is 19.2 Å². The van der Waals surface area contributed by atoms with E-state index in [1.807, 2.05) is 0 Å². The number of hydrogen-bond acceptors (Lipinski definition) is 4. The van der Waals surface area contributed by atoms with E-state index in [0.717, 1.165) is 11.4 Å². The van der Waals surface area contributed by atoms with Gasteiger partial charge in [0.2, 0.25) is 0 Å². The number of hydrogen-bond donors (Lipinski definition) is 0. The molecule has 0 N–H and O–H groups in total. The summed E-state index contributed by atoms with van der Waals surface area (Å²) in [5.74, 6) is 1.18. The van der Waals surface area contributed by atoms with Gasteiger partial charge in [0.15, 0.2) is 0 Å². The number of nitrogens with zero attached hydrogens (tertiary/aromatic N) is 4. The van der Waals surface area contributed by atoms with E-state index in [0.29, 0.717) is 24.2 Å². The van der Waals surface area contributed by atoms with Crippen LogP contribution in [-0.2, 0) is 0 Å². The lowest BCUT2D eigenvalue weighted by molar-refractivity contribution is 0.748. The van der Waals surface area contributed by atoms with Crippen molar-refractivity contribution in [1.82, 2.24) is 9.97 Å². The van der Waals surface area contributed by atoms with Gasteiger partial charge in [-0.05, 0) is 18.8 Å². The molecule has 1 fully saturated rings. The van der Waals surface area contributed by atoms with Crippen molar-refractivity contribution in [3.8, 4) is 6.07 Å². The van der Waals surface area contributed by atoms with Crippen LogP contribution in [0.5, 0.6) is 0 Å². The summed E-state index contributed by atoms with van der Waals surface area (Å²) in [5, 5.41) is 9.29. The second-order valence-corrected chi connectivity index (χ2v) is 5.25. The molecule has 1 aromatic heterocycles. The van der Waals surface area contributed by atoms with Crippen molar-refractivity contribution < 1.29 is 0 Å². The standard InChI is InChI=1S/C13H17ClN4/c1-9(2)11-12(14)16-8-17-13(11)18(7-3-6-15)10-4-5-10/h8-10H,3-5,7H2,1-2H3. The van der Waals surface area contributed by atoms with E-state index in [9.17, 15) is 0 Å². The van der Waals surface area contributed by atoms with Crippen LogP contribution in [-0.4, -0.2) is 22.6 Å². The summed E-state index contributed by atoms with van der Waals surface area (Å²) in [6.07, 6.45) is 4.36. The quantitative estimate of drug-likeness (QED) is 0.767. The van der Waals surface area contributed by atoms with Gasteiger partial charge in [-0.1, -0.05) is 25.4 Å². The Hall–Kier alpha value is -1.34. The average molecular weight is 265 g/mol. The minimum absolute atomic E-state index is 0.275. The Bertz CT molecular complexity index is 463. The fourth-order valence-electron chi connectivity index (χ4n) is 2.11. The number of anilines is 1. The van der Waals surface area contributed by atoms with Gasteiger partial charge in [-0.25, -0.2) is 9.97 Å². The third-order valence-corrected chi connectivity index (χ3v) is 3.42. The first-order valence-electron chi connectivity index (χ1n) is 6.29. The molecule has 2 rings (SSSR count). The molecule has 1 aliphatic carbocycles. The highest BCUT2D eigenvalue weighted by molar-refractivity contribution is 6.30. The first-order chi connectivity index (χ1) is 8.65. The highest BCUT2D eigenvalue weighted by atomic mass is 35.5. The summed E-state index contributed by atoms with van der Waals surface area (Å²) in [6.45, 7) is 4.89. The van der Waals surface area contributed by atoms with Gasteiger partial charge in [0.1, 0.15) is 17.3 Å². The zero-order valence-electron chi connectivity index (χ0n) is 10.7. The second kappa shape index (κ2) is 5.53. The Morgan fingerprint density at radius 3 is 2.78 bits per heavy atom. The zero-order chi connectivity index (χ0) is 13.1. The molecule has 0 saturated heterocycles. The summed E-state index contributed by atoms with van der Waals surface area (Å²) in [5.41, 5.74) is 0.990. The molecule has 96 valence electrons. The van der Waals surface area contributed by atoms with E-state index in [2.05, 4.69) is 34.8 Å². The van der Waals surface area contributed by atoms with Crippen LogP contribution in [0.3, 0.4) is 0 Å². The molecule has 18 heavy (non-hydrogen) atoms. The molecule has 0 aromatic carbocycles. The molecule has 0 spiro atoms. The summed E-state index contributed by atoms with van der Waals surface area (Å²) in [6, 6.07) is 2.71. The fourth-order valence-corrected chi connectivity index (χ4v) is 2.46. The molecule has 1 aliphatic rings. The Kier molecular flexibility index (Phi) is 4.03. The molecule has 1 saturated carbocycles. The Morgan fingerprint density at radius 2 is 2.22 bits per heavy atom. The van der Waals surface area contributed by atoms with Crippen molar-refractivity contribution in [1.29, 1.82) is 5.26 Å². The topological polar surface area (TPSA) is 52.8 Å². The van der Waals surface area contributed by atoms with Crippen molar-refractivity contribution in [3.63, 3.8) is 0 Å². The Morgan fingerprint density at radius 1 is 1.50 bits per heavy atom. The molecule has 0 atom stereocenters. The summed E-state index contributed by atoms with van der Waals surface area (Å²) in [7, 11) is 0. The Labute approximate surface area is 113 Å². The third kappa shape index (κ3) is 2.73. The molecule has 0 unspecified atom stereocenters. The lowest BCUT2D eigenvalue weighted by Gasteiger charge is -2.26. The van der Waals surface area contributed by atoms with Gasteiger partial charge in [0.05, 0.1) is 12.5 Å². The van der Waals surface area contributed by atoms with E-state index < -0.39 is 0 Å². The largest absolute Gasteiger partial charge is 0.352 e. The van der Waals surface area contributed by atoms with Gasteiger partial charge in [0, 0.05) is 18.2 Å². The molecule has 4 nitrogen and oxygen atoms in total. The molecular formula is C13H17ClN4. The van der Waals surface area contributed by atoms with Gasteiger partial charge in [0.25, 0.3) is 0 Å². The first-order valence-corrected chi connectivity index (χ1v) is 6.67. The van der Waals surface area contributed by atoms with Crippen molar-refractivity contribution in [3.05, 3.63) is 17.0 Å². The summed E-state index contributed by atoms with van der Waals surface area (Å²) < 4.78 is 0. The maximum absolute atomic E-state index is 8.76. The van der Waals surface area contributed by atoms with Gasteiger partial charge < -0.3 is 4.90 Å². The molecule has 5 heteroatoms. The third-order valence-electron chi connectivity index (χ3n) is 3.12. The van der Waals surface area contributed by atoms with Crippen LogP contribution in [0.25, 0.3) is 0 Å². The summed E-state index contributed by atoms with van der Waals surface area (Å²) in [4.78, 5) is 10.7. The number of halogens is 1. The van der Waals surface area contributed by atoms with E-state index >= 15 is 0 Å². The zero-order valence-corrected chi connectivity index (χ0v) is 11.5. The average Bonchev–Trinajstić information content (AvgIpc) is 3.13. The molecule has 0 radical (unpaired) electrons. The van der Waals surface area contributed by atoms with Gasteiger partial charge in [-0.2, -0.15) is 5.26 Å². The molecule has 0 bridgehead atoms. The highest BCUT2D eigenvalue weighted by Crippen LogP contribution is 2.36. The van der Waals surface area contributed by atoms with Crippen LogP contribution in [0, 0.1) is 11.3 Å². The minimum Gasteiger partial charge on any atom is -0.352 e. The van der Waals surface area contributed by atoms with Crippen LogP contribution in [0.1, 0.15) is 44.6 Å². The van der Waals surface area contributed by atoms with Gasteiger partial charge >= 0.3 is 0 Å². The first kappa shape index (κ1) is 13.1. The fraction of sp³-hybridized carbons (Fsp3) is 0.615. The van der Waals surface area contributed by atoms with Crippen molar-refractivity contribution >= 4 is 17.4 Å². The minimum atomic E-state index is 0.275. The van der Waals surface area contributed by atoms with Crippen LogP contribution in [0.15, 0.2) is 6.33 Å². The van der Waals surface area contributed by atoms with Crippen molar-refractivity contribution in [2.24, 2.45) is 0 Å². The molecule has 1 heterocycles. The maximum Gasteiger partial charge on any atom is 0.138 e. The van der Waals surface area contributed by atoms with E-state index in [-0.39, 0.29) is 5.92 Å². The monoisotopic (exact) mass is 264 g/mol. The van der Waals surface area contributed by atoms with Gasteiger partial charge in [-0.3, -0.25) is 0 Å². The highest BCUT2D eigenvalue weighted by Gasteiger charge is 2.32. The van der Waals surface area contributed by atoms with E-state index in [4.69, 9.17) is 16.9 Å². The SMILES string of the molecule is CC(C)c1c(Cl)ncnc1N(CCC#N)C1CC1. The van der Waals surface area contributed by atoms with Gasteiger partial charge in [-0.15, -0.1) is 0 Å². The summed E-state index contributed by atoms with van der Waals surface area (Å²) >= 11 is 6.18. The molecule has 0 aliphatic heterocycles. The normalized spacial score (nSPS) is 14.6. The lowest BCUT2D eigenvalue weighted by Crippen LogP contribution is -2.29.